The summed E-state index contributed by atoms with van der Waals surface area (Å²) in [5.74, 6) is 0. The van der Waals surface area contributed by atoms with Crippen LogP contribution in [0.25, 0.3) is 0 Å². The minimum atomic E-state index is -3.40. The average molecular weight is 282 g/mol. The van der Waals surface area contributed by atoms with Gasteiger partial charge in [-0.1, -0.05) is 0 Å². The predicted octanol–water partition coefficient (Wildman–Crippen LogP) is -1.32. The molecule has 7 nitrogen and oxygen atoms in total. The Morgan fingerprint density at radius 2 is 1.83 bits per heavy atom. The fourth-order valence-electron chi connectivity index (χ4n) is 1.14. The van der Waals surface area contributed by atoms with Crippen LogP contribution in [0.4, 0.5) is 0 Å². The van der Waals surface area contributed by atoms with E-state index in [1.807, 2.05) is 19.0 Å². The Labute approximate surface area is 110 Å². The molecular formula is C10H26N4O3S. The Morgan fingerprint density at radius 1 is 1.17 bits per heavy atom. The molecule has 8 heteroatoms. The molecule has 0 atom stereocenters. The molecule has 0 unspecified atom stereocenters. The molecule has 0 amide bonds. The summed E-state index contributed by atoms with van der Waals surface area (Å²) in [6.45, 7) is 2.97. The van der Waals surface area contributed by atoms with Crippen LogP contribution in [0.2, 0.25) is 0 Å². The first kappa shape index (κ1) is 17.8. The summed E-state index contributed by atoms with van der Waals surface area (Å²) >= 11 is 0. The van der Waals surface area contributed by atoms with Crippen molar-refractivity contribution in [2.24, 2.45) is 5.73 Å². The number of rotatable bonds is 11. The average Bonchev–Trinajstić information content (AvgIpc) is 2.30. The highest BCUT2D eigenvalue weighted by Gasteiger charge is 2.15. The summed E-state index contributed by atoms with van der Waals surface area (Å²) in [5.41, 5.74) is 5.33. The molecule has 0 heterocycles. The maximum absolute atomic E-state index is 11.7. The van der Waals surface area contributed by atoms with E-state index in [-0.39, 0.29) is 6.54 Å². The molecule has 0 saturated carbocycles. The van der Waals surface area contributed by atoms with Crippen molar-refractivity contribution in [3.8, 4) is 0 Å². The van der Waals surface area contributed by atoms with Crippen LogP contribution in [-0.4, -0.2) is 78.2 Å². The van der Waals surface area contributed by atoms with Crippen molar-refractivity contribution in [2.75, 3.05) is 60.5 Å². The van der Waals surface area contributed by atoms with E-state index in [0.29, 0.717) is 32.7 Å². The number of nitrogens with one attached hydrogen (secondary N) is 1. The lowest BCUT2D eigenvalue weighted by Crippen LogP contribution is -2.40. The summed E-state index contributed by atoms with van der Waals surface area (Å²) in [5, 5.41) is 0. The quantitative estimate of drug-likeness (QED) is 0.459. The molecule has 0 aromatic rings. The first-order valence-corrected chi connectivity index (χ1v) is 7.47. The molecule has 0 rings (SSSR count). The van der Waals surface area contributed by atoms with Crippen molar-refractivity contribution in [2.45, 2.75) is 6.42 Å². The van der Waals surface area contributed by atoms with Gasteiger partial charge in [0.2, 0.25) is 0 Å². The minimum Gasteiger partial charge on any atom is -0.379 e. The Kier molecular flexibility index (Phi) is 9.52. The van der Waals surface area contributed by atoms with Gasteiger partial charge in [-0.2, -0.15) is 17.4 Å². The number of nitrogens with zero attached hydrogens (tertiary/aromatic N) is 2. The van der Waals surface area contributed by atoms with Gasteiger partial charge >= 0.3 is 0 Å². The molecule has 0 bridgehead atoms. The van der Waals surface area contributed by atoms with E-state index in [4.69, 9.17) is 10.5 Å². The minimum absolute atomic E-state index is 0.280. The molecule has 0 aliphatic rings. The van der Waals surface area contributed by atoms with Gasteiger partial charge in [-0.25, -0.2) is 0 Å². The summed E-state index contributed by atoms with van der Waals surface area (Å²) < 4.78 is 32.4. The Hall–Kier alpha value is -0.250. The van der Waals surface area contributed by atoms with Crippen LogP contribution >= 0.6 is 0 Å². The standard InChI is InChI=1S/C10H26N4O3S/c1-13(2)8-10-17-9-6-12-18(15,16)14(3)7-4-5-11/h12H,4-11H2,1-3H3. The molecule has 0 spiro atoms. The molecule has 3 N–H and O–H groups in total. The van der Waals surface area contributed by atoms with E-state index in [1.165, 1.54) is 11.4 Å². The van der Waals surface area contributed by atoms with E-state index < -0.39 is 10.2 Å². The van der Waals surface area contributed by atoms with Gasteiger partial charge in [-0.3, -0.25) is 0 Å². The largest absolute Gasteiger partial charge is 0.379 e. The third kappa shape index (κ3) is 8.78. The second-order valence-electron chi connectivity index (χ2n) is 4.28. The highest BCUT2D eigenvalue weighted by Crippen LogP contribution is 1.94. The zero-order chi connectivity index (χ0) is 14.0. The molecule has 18 heavy (non-hydrogen) atoms. The third-order valence-corrected chi connectivity index (χ3v) is 3.87. The number of hydrogen-bond acceptors (Lipinski definition) is 5. The van der Waals surface area contributed by atoms with Crippen LogP contribution in [0, 0.1) is 0 Å². The van der Waals surface area contributed by atoms with Crippen LogP contribution < -0.4 is 10.5 Å². The highest BCUT2D eigenvalue weighted by atomic mass is 32.2. The van der Waals surface area contributed by atoms with Gasteiger partial charge in [0.1, 0.15) is 0 Å². The van der Waals surface area contributed by atoms with E-state index in [2.05, 4.69) is 4.72 Å². The second-order valence-corrected chi connectivity index (χ2v) is 6.14. The van der Waals surface area contributed by atoms with Crippen molar-refractivity contribution in [1.82, 2.24) is 13.9 Å². The molecule has 110 valence electrons. The zero-order valence-corrected chi connectivity index (χ0v) is 12.4. The molecule has 0 aromatic heterocycles. The smallest absolute Gasteiger partial charge is 0.279 e. The van der Waals surface area contributed by atoms with Gasteiger partial charge in [0, 0.05) is 26.7 Å². The maximum atomic E-state index is 11.7. The van der Waals surface area contributed by atoms with Crippen LogP contribution in [0.3, 0.4) is 0 Å². The van der Waals surface area contributed by atoms with Gasteiger partial charge in [-0.15, -0.1) is 0 Å². The lowest BCUT2D eigenvalue weighted by Gasteiger charge is -2.17. The summed E-state index contributed by atoms with van der Waals surface area (Å²) in [4.78, 5) is 2.00. The normalized spacial score (nSPS) is 12.6. The van der Waals surface area contributed by atoms with Gasteiger partial charge in [0.15, 0.2) is 0 Å². The third-order valence-electron chi connectivity index (χ3n) is 2.30. The molecule has 0 radical (unpaired) electrons. The number of hydrogen-bond donors (Lipinski definition) is 2. The predicted molar refractivity (Wildman–Crippen MR) is 72.6 cm³/mol. The lowest BCUT2D eigenvalue weighted by molar-refractivity contribution is 0.122. The summed E-state index contributed by atoms with van der Waals surface area (Å²) in [6.07, 6.45) is 0.650. The highest BCUT2D eigenvalue weighted by molar-refractivity contribution is 7.87. The van der Waals surface area contributed by atoms with E-state index in [1.54, 1.807) is 0 Å². The zero-order valence-electron chi connectivity index (χ0n) is 11.6. The maximum Gasteiger partial charge on any atom is 0.279 e. The van der Waals surface area contributed by atoms with Crippen LogP contribution in [-0.2, 0) is 14.9 Å². The molecule has 0 aromatic carbocycles. The van der Waals surface area contributed by atoms with Crippen molar-refractivity contribution >= 4 is 10.2 Å². The fourth-order valence-corrected chi connectivity index (χ4v) is 2.07. The number of nitrogens with two attached hydrogens (primary N) is 1. The van der Waals surface area contributed by atoms with Gasteiger partial charge in [0.05, 0.1) is 13.2 Å². The van der Waals surface area contributed by atoms with E-state index in [0.717, 1.165) is 6.54 Å². The second kappa shape index (κ2) is 9.65. The lowest BCUT2D eigenvalue weighted by atomic mass is 10.4. The van der Waals surface area contributed by atoms with Crippen molar-refractivity contribution < 1.29 is 13.2 Å². The SMILES string of the molecule is CN(C)CCOCCNS(=O)(=O)N(C)CCCN. The Morgan fingerprint density at radius 3 is 2.39 bits per heavy atom. The van der Waals surface area contributed by atoms with Crippen molar-refractivity contribution in [3.63, 3.8) is 0 Å². The summed E-state index contributed by atoms with van der Waals surface area (Å²) in [6, 6.07) is 0. The van der Waals surface area contributed by atoms with E-state index in [9.17, 15) is 8.42 Å². The summed E-state index contributed by atoms with van der Waals surface area (Å²) in [7, 11) is 2.05. The van der Waals surface area contributed by atoms with Gasteiger partial charge in [-0.05, 0) is 27.1 Å². The molecular weight excluding hydrogens is 256 g/mol. The van der Waals surface area contributed by atoms with Crippen molar-refractivity contribution in [1.29, 1.82) is 0 Å². The molecule has 0 saturated heterocycles. The van der Waals surface area contributed by atoms with Crippen LogP contribution in [0.5, 0.6) is 0 Å². The molecule has 0 fully saturated rings. The Balaban J connectivity index is 3.70. The monoisotopic (exact) mass is 282 g/mol. The molecule has 0 aliphatic carbocycles. The van der Waals surface area contributed by atoms with E-state index >= 15 is 0 Å². The number of likely N-dealkylation sites (N-methyl/N-ethyl adjacent to an activating group) is 1. The van der Waals surface area contributed by atoms with Crippen LogP contribution in [0.1, 0.15) is 6.42 Å². The van der Waals surface area contributed by atoms with Gasteiger partial charge in [0.25, 0.3) is 10.2 Å². The van der Waals surface area contributed by atoms with Crippen LogP contribution in [0.15, 0.2) is 0 Å². The number of ether oxygens (including phenoxy) is 1. The first-order chi connectivity index (χ1) is 8.40. The first-order valence-electron chi connectivity index (χ1n) is 6.03. The van der Waals surface area contributed by atoms with Crippen molar-refractivity contribution in [3.05, 3.63) is 0 Å². The molecule has 0 aliphatic heterocycles. The fraction of sp³-hybridized carbons (Fsp3) is 1.00. The Bertz CT molecular complexity index is 295. The topological polar surface area (TPSA) is 87.9 Å². The van der Waals surface area contributed by atoms with Gasteiger partial charge < -0.3 is 15.4 Å².